The molecule has 0 aromatic carbocycles. The zero-order valence-electron chi connectivity index (χ0n) is 13.3. The van der Waals surface area contributed by atoms with E-state index in [1.54, 1.807) is 12.3 Å². The van der Waals surface area contributed by atoms with Crippen molar-refractivity contribution in [1.29, 1.82) is 0 Å². The van der Waals surface area contributed by atoms with E-state index in [9.17, 15) is 4.79 Å². The molecule has 3 rings (SSSR count). The quantitative estimate of drug-likeness (QED) is 0.830. The molecule has 1 fully saturated rings. The molecular weight excluding hydrogens is 394 g/mol. The van der Waals surface area contributed by atoms with E-state index in [-0.39, 0.29) is 24.4 Å². The summed E-state index contributed by atoms with van der Waals surface area (Å²) < 4.78 is 6.09. The first-order valence-electron chi connectivity index (χ1n) is 7.90. The van der Waals surface area contributed by atoms with Gasteiger partial charge in [0.25, 0.3) is 5.91 Å². The topological polar surface area (TPSA) is 58.4 Å². The molecule has 2 aromatic rings. The smallest absolute Gasteiger partial charge is 0.291 e. The van der Waals surface area contributed by atoms with Crippen molar-refractivity contribution in [3.8, 4) is 0 Å². The van der Waals surface area contributed by atoms with Crippen LogP contribution in [0.3, 0.4) is 0 Å². The molecule has 1 aliphatic heterocycles. The molecule has 0 spiro atoms. The van der Waals surface area contributed by atoms with E-state index in [1.807, 2.05) is 23.1 Å². The molecule has 7 heteroatoms. The number of pyridine rings is 1. The number of carbonyl (C=O) groups is 1. The van der Waals surface area contributed by atoms with Crippen molar-refractivity contribution in [3.05, 3.63) is 52.7 Å². The standard InChI is InChI=1S/C17H20BrN3O2.ClH/c18-15-7-11-23-16(15)17(22)21(12-13-4-1-2-9-20-13)14-5-3-8-19-10-6-14;/h1-2,4,7,9,11,14,19H,3,5-6,8,10,12H2;1H. The Morgan fingerprint density at radius 2 is 2.21 bits per heavy atom. The van der Waals surface area contributed by atoms with E-state index >= 15 is 0 Å². The lowest BCUT2D eigenvalue weighted by molar-refractivity contribution is 0.0608. The van der Waals surface area contributed by atoms with Crippen LogP contribution in [0, 0.1) is 0 Å². The second-order valence-corrected chi connectivity index (χ2v) is 6.54. The number of hydrogen-bond acceptors (Lipinski definition) is 4. The normalized spacial score (nSPS) is 17.6. The molecule has 0 radical (unpaired) electrons. The third kappa shape index (κ3) is 4.59. The Balaban J connectivity index is 0.00000208. The minimum absolute atomic E-state index is 0. The second kappa shape index (κ2) is 9.20. The Labute approximate surface area is 156 Å². The number of nitrogens with zero attached hydrogens (tertiary/aromatic N) is 2. The minimum atomic E-state index is -0.0839. The van der Waals surface area contributed by atoms with Gasteiger partial charge in [-0.05, 0) is 66.5 Å². The molecular formula is C17H21BrClN3O2. The van der Waals surface area contributed by atoms with Crippen LogP contribution in [0.1, 0.15) is 35.5 Å². The van der Waals surface area contributed by atoms with E-state index in [0.717, 1.165) is 38.0 Å². The first-order valence-corrected chi connectivity index (χ1v) is 8.69. The zero-order chi connectivity index (χ0) is 16.1. The van der Waals surface area contributed by atoms with Crippen molar-refractivity contribution in [2.75, 3.05) is 13.1 Å². The summed E-state index contributed by atoms with van der Waals surface area (Å²) in [7, 11) is 0. The molecule has 130 valence electrons. The van der Waals surface area contributed by atoms with Crippen LogP contribution in [0.2, 0.25) is 0 Å². The SMILES string of the molecule is Cl.O=C(c1occc1Br)N(Cc1ccccn1)C1CCCNCC1. The maximum absolute atomic E-state index is 13.0. The highest BCUT2D eigenvalue weighted by Crippen LogP contribution is 2.24. The van der Waals surface area contributed by atoms with Crippen LogP contribution in [0.4, 0.5) is 0 Å². The fraction of sp³-hybridized carbons (Fsp3) is 0.412. The van der Waals surface area contributed by atoms with Gasteiger partial charge in [0.1, 0.15) is 0 Å². The summed E-state index contributed by atoms with van der Waals surface area (Å²) in [6.07, 6.45) is 6.29. The third-order valence-corrected chi connectivity index (χ3v) is 4.74. The second-order valence-electron chi connectivity index (χ2n) is 5.69. The minimum Gasteiger partial charge on any atom is -0.458 e. The van der Waals surface area contributed by atoms with Gasteiger partial charge in [-0.25, -0.2) is 0 Å². The molecule has 1 unspecified atom stereocenters. The highest BCUT2D eigenvalue weighted by Gasteiger charge is 2.29. The van der Waals surface area contributed by atoms with Crippen LogP contribution < -0.4 is 5.32 Å². The molecule has 1 amide bonds. The van der Waals surface area contributed by atoms with Gasteiger partial charge in [0.15, 0.2) is 0 Å². The highest BCUT2D eigenvalue weighted by molar-refractivity contribution is 9.10. The average molecular weight is 415 g/mol. The molecule has 1 N–H and O–H groups in total. The first-order chi connectivity index (χ1) is 11.3. The van der Waals surface area contributed by atoms with Gasteiger partial charge < -0.3 is 14.6 Å². The number of carbonyl (C=O) groups excluding carboxylic acids is 1. The van der Waals surface area contributed by atoms with Gasteiger partial charge in [-0.2, -0.15) is 0 Å². The Bertz CT molecular complexity index is 642. The third-order valence-electron chi connectivity index (χ3n) is 4.12. The van der Waals surface area contributed by atoms with Crippen LogP contribution in [0.5, 0.6) is 0 Å². The summed E-state index contributed by atoms with van der Waals surface area (Å²) in [6.45, 7) is 2.43. The summed E-state index contributed by atoms with van der Waals surface area (Å²) in [5.74, 6) is 0.276. The Hall–Kier alpha value is -1.37. The van der Waals surface area contributed by atoms with E-state index in [4.69, 9.17) is 4.42 Å². The predicted molar refractivity (Wildman–Crippen MR) is 98.3 cm³/mol. The predicted octanol–water partition coefficient (Wildman–Crippen LogP) is 3.64. The van der Waals surface area contributed by atoms with E-state index in [1.165, 1.54) is 6.26 Å². The number of furan rings is 1. The zero-order valence-corrected chi connectivity index (χ0v) is 15.7. The molecule has 5 nitrogen and oxygen atoms in total. The Morgan fingerprint density at radius 3 is 2.92 bits per heavy atom. The van der Waals surface area contributed by atoms with Crippen molar-refractivity contribution in [2.45, 2.75) is 31.8 Å². The van der Waals surface area contributed by atoms with Crippen molar-refractivity contribution in [2.24, 2.45) is 0 Å². The Morgan fingerprint density at radius 1 is 1.33 bits per heavy atom. The molecule has 1 saturated heterocycles. The van der Waals surface area contributed by atoms with Crippen molar-refractivity contribution >= 4 is 34.2 Å². The van der Waals surface area contributed by atoms with E-state index in [0.29, 0.717) is 16.8 Å². The fourth-order valence-corrected chi connectivity index (χ4v) is 3.29. The van der Waals surface area contributed by atoms with Crippen molar-refractivity contribution in [3.63, 3.8) is 0 Å². The first kappa shape index (κ1) is 19.0. The molecule has 0 saturated carbocycles. The number of aromatic nitrogens is 1. The van der Waals surface area contributed by atoms with E-state index < -0.39 is 0 Å². The van der Waals surface area contributed by atoms with E-state index in [2.05, 4.69) is 26.2 Å². The fourth-order valence-electron chi connectivity index (χ4n) is 2.92. The number of hydrogen-bond donors (Lipinski definition) is 1. The summed E-state index contributed by atoms with van der Waals surface area (Å²) in [4.78, 5) is 19.3. The van der Waals surface area contributed by atoms with Gasteiger partial charge in [-0.3, -0.25) is 9.78 Å². The van der Waals surface area contributed by atoms with Gasteiger partial charge >= 0.3 is 0 Å². The number of amides is 1. The lowest BCUT2D eigenvalue weighted by Gasteiger charge is -2.30. The number of nitrogens with one attached hydrogen (secondary N) is 1. The maximum Gasteiger partial charge on any atom is 0.291 e. The van der Waals surface area contributed by atoms with Gasteiger partial charge in [0.2, 0.25) is 5.76 Å². The summed E-state index contributed by atoms with van der Waals surface area (Å²) in [6, 6.07) is 7.72. The summed E-state index contributed by atoms with van der Waals surface area (Å²) in [5.41, 5.74) is 0.890. The maximum atomic E-state index is 13.0. The molecule has 0 bridgehead atoms. The Kier molecular flexibility index (Phi) is 7.27. The largest absolute Gasteiger partial charge is 0.458 e. The molecule has 3 heterocycles. The summed E-state index contributed by atoms with van der Waals surface area (Å²) >= 11 is 3.39. The van der Waals surface area contributed by atoms with Gasteiger partial charge in [-0.15, -0.1) is 12.4 Å². The van der Waals surface area contributed by atoms with Crippen LogP contribution in [-0.4, -0.2) is 34.9 Å². The average Bonchev–Trinajstić information content (AvgIpc) is 2.84. The molecule has 2 aromatic heterocycles. The molecule has 1 atom stereocenters. The van der Waals surface area contributed by atoms with Gasteiger partial charge in [0, 0.05) is 12.2 Å². The molecule has 24 heavy (non-hydrogen) atoms. The monoisotopic (exact) mass is 413 g/mol. The van der Waals surface area contributed by atoms with Gasteiger partial charge in [-0.1, -0.05) is 6.07 Å². The van der Waals surface area contributed by atoms with Crippen LogP contribution in [0.25, 0.3) is 0 Å². The lowest BCUT2D eigenvalue weighted by Crippen LogP contribution is -2.40. The molecule has 0 aliphatic carbocycles. The summed E-state index contributed by atoms with van der Waals surface area (Å²) in [5, 5.41) is 3.39. The number of halogens is 2. The van der Waals surface area contributed by atoms with Crippen molar-refractivity contribution in [1.82, 2.24) is 15.2 Å². The van der Waals surface area contributed by atoms with Crippen molar-refractivity contribution < 1.29 is 9.21 Å². The van der Waals surface area contributed by atoms with Crippen LogP contribution >= 0.6 is 28.3 Å². The highest BCUT2D eigenvalue weighted by atomic mass is 79.9. The lowest BCUT2D eigenvalue weighted by atomic mass is 10.1. The van der Waals surface area contributed by atoms with Crippen LogP contribution in [0.15, 0.2) is 45.6 Å². The van der Waals surface area contributed by atoms with Crippen LogP contribution in [-0.2, 0) is 6.54 Å². The number of rotatable bonds is 4. The van der Waals surface area contributed by atoms with Gasteiger partial charge in [0.05, 0.1) is 23.0 Å². The molecule has 1 aliphatic rings.